The van der Waals surface area contributed by atoms with Crippen LogP contribution in [0, 0.1) is 13.8 Å². The van der Waals surface area contributed by atoms with E-state index in [-0.39, 0.29) is 0 Å². The normalized spacial score (nSPS) is 10.3. The maximum absolute atomic E-state index is 5.84. The Balaban J connectivity index is 2.22. The lowest BCUT2D eigenvalue weighted by molar-refractivity contribution is 0.291. The van der Waals surface area contributed by atoms with Gasteiger partial charge in [-0.15, -0.1) is 0 Å². The summed E-state index contributed by atoms with van der Waals surface area (Å²) in [5.74, 6) is 6.51. The zero-order valence-electron chi connectivity index (χ0n) is 11.6. The number of nitrogens with two attached hydrogens (primary N) is 1. The van der Waals surface area contributed by atoms with Crippen LogP contribution in [-0.4, -0.2) is 12.0 Å². The maximum atomic E-state index is 5.84. The molecule has 0 atom stereocenters. The first-order valence-corrected chi connectivity index (χ1v) is 6.21. The second-order valence-electron chi connectivity index (χ2n) is 4.60. The molecule has 100 valence electrons. The number of aromatic nitrogens is 1. The molecule has 1 aromatic heterocycles. The van der Waals surface area contributed by atoms with Crippen molar-refractivity contribution in [2.45, 2.75) is 20.5 Å². The van der Waals surface area contributed by atoms with Crippen molar-refractivity contribution in [2.24, 2.45) is 5.84 Å². The molecule has 19 heavy (non-hydrogen) atoms. The van der Waals surface area contributed by atoms with Crippen molar-refractivity contribution < 1.29 is 4.74 Å². The minimum atomic E-state index is 0.460. The molecule has 4 heteroatoms. The van der Waals surface area contributed by atoms with E-state index in [4.69, 9.17) is 10.6 Å². The Hall–Kier alpha value is -2.07. The number of rotatable bonds is 4. The minimum absolute atomic E-state index is 0.460. The molecule has 2 rings (SSSR count). The quantitative estimate of drug-likeness (QED) is 0.675. The highest BCUT2D eigenvalue weighted by Crippen LogP contribution is 2.23. The predicted octanol–water partition coefficient (Wildman–Crippen LogP) is 2.59. The number of hydrogen-bond acceptors (Lipinski definition) is 4. The zero-order valence-corrected chi connectivity index (χ0v) is 11.6. The Bertz CT molecular complexity index is 567. The van der Waals surface area contributed by atoms with Gasteiger partial charge in [0.1, 0.15) is 6.61 Å². The van der Waals surface area contributed by atoms with Crippen LogP contribution in [0.5, 0.6) is 5.88 Å². The topological polar surface area (TPSA) is 51.4 Å². The van der Waals surface area contributed by atoms with Gasteiger partial charge in [-0.3, -0.25) is 0 Å². The summed E-state index contributed by atoms with van der Waals surface area (Å²) in [4.78, 5) is 4.23. The van der Waals surface area contributed by atoms with Gasteiger partial charge in [-0.25, -0.2) is 10.8 Å². The number of pyridine rings is 1. The highest BCUT2D eigenvalue weighted by molar-refractivity contribution is 5.55. The summed E-state index contributed by atoms with van der Waals surface area (Å²) in [5.41, 5.74) is 4.23. The molecule has 0 fully saturated rings. The summed E-state index contributed by atoms with van der Waals surface area (Å²) in [6.45, 7) is 4.49. The lowest BCUT2D eigenvalue weighted by Gasteiger charge is -2.19. The second-order valence-corrected chi connectivity index (χ2v) is 4.60. The number of ether oxygens (including phenoxy) is 1. The van der Waals surface area contributed by atoms with E-state index in [1.165, 1.54) is 0 Å². The smallest absolute Gasteiger partial charge is 0.216 e. The van der Waals surface area contributed by atoms with Gasteiger partial charge in [0.2, 0.25) is 5.88 Å². The second kappa shape index (κ2) is 5.71. The molecule has 0 amide bonds. The zero-order chi connectivity index (χ0) is 13.8. The van der Waals surface area contributed by atoms with Crippen LogP contribution < -0.4 is 15.6 Å². The third-order valence-corrected chi connectivity index (χ3v) is 3.08. The van der Waals surface area contributed by atoms with E-state index in [2.05, 4.69) is 18.0 Å². The van der Waals surface area contributed by atoms with Crippen LogP contribution in [0.25, 0.3) is 0 Å². The molecule has 0 aliphatic carbocycles. The van der Waals surface area contributed by atoms with E-state index < -0.39 is 0 Å². The summed E-state index contributed by atoms with van der Waals surface area (Å²) in [6.07, 6.45) is 1.73. The molecule has 0 spiro atoms. The number of anilines is 1. The molecule has 4 nitrogen and oxygen atoms in total. The van der Waals surface area contributed by atoms with Crippen molar-refractivity contribution >= 4 is 5.69 Å². The minimum Gasteiger partial charge on any atom is -0.473 e. The van der Waals surface area contributed by atoms with Crippen molar-refractivity contribution in [2.75, 3.05) is 12.1 Å². The summed E-state index contributed by atoms with van der Waals surface area (Å²) in [7, 11) is 1.82. The molecular weight excluding hydrogens is 238 g/mol. The third-order valence-electron chi connectivity index (χ3n) is 3.08. The van der Waals surface area contributed by atoms with Gasteiger partial charge in [-0.1, -0.05) is 18.2 Å². The predicted molar refractivity (Wildman–Crippen MR) is 77.1 cm³/mol. The fraction of sp³-hybridized carbons (Fsp3) is 0.267. The number of benzene rings is 1. The first-order valence-electron chi connectivity index (χ1n) is 6.21. The summed E-state index contributed by atoms with van der Waals surface area (Å²) >= 11 is 0. The lowest BCUT2D eigenvalue weighted by atomic mass is 10.1. The highest BCUT2D eigenvalue weighted by Gasteiger charge is 2.09. The fourth-order valence-electron chi connectivity index (χ4n) is 1.97. The van der Waals surface area contributed by atoms with E-state index in [1.54, 1.807) is 11.2 Å². The summed E-state index contributed by atoms with van der Waals surface area (Å²) in [5, 5.41) is 1.61. The number of aryl methyl sites for hydroxylation is 2. The number of nitrogens with zero attached hydrogens (tertiary/aromatic N) is 2. The van der Waals surface area contributed by atoms with Crippen molar-refractivity contribution in [3.63, 3.8) is 0 Å². The monoisotopic (exact) mass is 257 g/mol. The van der Waals surface area contributed by atoms with Crippen LogP contribution in [0.15, 0.2) is 36.5 Å². The molecule has 1 heterocycles. The van der Waals surface area contributed by atoms with E-state index in [1.807, 2.05) is 38.2 Å². The van der Waals surface area contributed by atoms with Gasteiger partial charge in [0.15, 0.2) is 0 Å². The highest BCUT2D eigenvalue weighted by atomic mass is 16.5. The van der Waals surface area contributed by atoms with Crippen molar-refractivity contribution in [3.05, 3.63) is 53.2 Å². The van der Waals surface area contributed by atoms with Crippen LogP contribution in [0.1, 0.15) is 16.7 Å². The van der Waals surface area contributed by atoms with Gasteiger partial charge >= 0.3 is 0 Å². The van der Waals surface area contributed by atoms with Gasteiger partial charge in [-0.05, 0) is 31.5 Å². The average molecular weight is 257 g/mol. The van der Waals surface area contributed by atoms with Crippen molar-refractivity contribution in [3.8, 4) is 5.88 Å². The summed E-state index contributed by atoms with van der Waals surface area (Å²) < 4.78 is 5.80. The Kier molecular flexibility index (Phi) is 4.02. The molecule has 0 saturated carbocycles. The lowest BCUT2D eigenvalue weighted by Crippen LogP contribution is -2.26. The van der Waals surface area contributed by atoms with E-state index in [0.29, 0.717) is 12.5 Å². The van der Waals surface area contributed by atoms with Crippen LogP contribution >= 0.6 is 0 Å². The fourth-order valence-corrected chi connectivity index (χ4v) is 1.97. The van der Waals surface area contributed by atoms with E-state index in [0.717, 1.165) is 22.4 Å². The van der Waals surface area contributed by atoms with E-state index in [9.17, 15) is 0 Å². The van der Waals surface area contributed by atoms with E-state index >= 15 is 0 Å². The van der Waals surface area contributed by atoms with Gasteiger partial charge < -0.3 is 9.75 Å². The Morgan fingerprint density at radius 3 is 2.58 bits per heavy atom. The molecule has 1 aromatic carbocycles. The molecule has 0 aliphatic heterocycles. The molecule has 2 aromatic rings. The van der Waals surface area contributed by atoms with Crippen LogP contribution in [0.2, 0.25) is 0 Å². The molecule has 0 saturated heterocycles. The first-order chi connectivity index (χ1) is 9.09. The summed E-state index contributed by atoms with van der Waals surface area (Å²) in [6, 6.07) is 9.91. The molecule has 2 N–H and O–H groups in total. The largest absolute Gasteiger partial charge is 0.473 e. The van der Waals surface area contributed by atoms with Gasteiger partial charge in [0.05, 0.1) is 5.69 Å². The Morgan fingerprint density at radius 1 is 1.16 bits per heavy atom. The van der Waals surface area contributed by atoms with Crippen LogP contribution in [-0.2, 0) is 6.61 Å². The van der Waals surface area contributed by atoms with Gasteiger partial charge in [-0.2, -0.15) is 0 Å². The number of hydrazine groups is 1. The molecule has 0 aliphatic rings. The Labute approximate surface area is 113 Å². The molecule has 0 unspecified atom stereocenters. The average Bonchev–Trinajstić information content (AvgIpc) is 2.38. The third kappa shape index (κ3) is 3.03. The molecule has 0 bridgehead atoms. The Morgan fingerprint density at radius 2 is 1.89 bits per heavy atom. The van der Waals surface area contributed by atoms with Crippen molar-refractivity contribution in [1.29, 1.82) is 0 Å². The van der Waals surface area contributed by atoms with Gasteiger partial charge in [0.25, 0.3) is 0 Å². The van der Waals surface area contributed by atoms with Crippen molar-refractivity contribution in [1.82, 2.24) is 4.98 Å². The van der Waals surface area contributed by atoms with Crippen LogP contribution in [0.4, 0.5) is 5.69 Å². The molecular formula is C15H19N3O. The SMILES string of the molecule is Cc1cccnc1OCc1c(C)cccc1N(C)N. The standard InChI is InChI=1S/C15H19N3O/c1-11-6-4-8-14(18(3)16)13(11)10-19-15-12(2)7-5-9-17-15/h4-9H,10,16H2,1-3H3. The first kappa shape index (κ1) is 13.4. The molecule has 0 radical (unpaired) electrons. The maximum Gasteiger partial charge on any atom is 0.216 e. The van der Waals surface area contributed by atoms with Gasteiger partial charge in [0, 0.05) is 24.4 Å². The number of hydrogen-bond donors (Lipinski definition) is 1. The van der Waals surface area contributed by atoms with Crippen LogP contribution in [0.3, 0.4) is 0 Å².